The lowest BCUT2D eigenvalue weighted by Crippen LogP contribution is -2.18. The highest BCUT2D eigenvalue weighted by Gasteiger charge is 2.19. The van der Waals surface area contributed by atoms with Crippen LogP contribution in [0.3, 0.4) is 0 Å². The van der Waals surface area contributed by atoms with Gasteiger partial charge in [0.1, 0.15) is 17.1 Å². The predicted molar refractivity (Wildman–Crippen MR) is 215 cm³/mol. The Morgan fingerprint density at radius 2 is 1.65 bits per heavy atom. The summed E-state index contributed by atoms with van der Waals surface area (Å²) in [5.74, 6) is 0.246. The minimum Gasteiger partial charge on any atom is -0.478 e. The number of aromatic nitrogens is 3. The molecule has 4 aromatic carbocycles. The van der Waals surface area contributed by atoms with E-state index < -0.39 is 5.97 Å². The quantitative estimate of drug-likeness (QED) is 0.105. The van der Waals surface area contributed by atoms with E-state index in [0.29, 0.717) is 35.6 Å². The van der Waals surface area contributed by atoms with Gasteiger partial charge in [-0.2, -0.15) is 5.26 Å². The molecule has 10 heteroatoms. The van der Waals surface area contributed by atoms with E-state index in [4.69, 9.17) is 19.5 Å². The molecule has 1 fully saturated rings. The van der Waals surface area contributed by atoms with Gasteiger partial charge in [-0.1, -0.05) is 36.4 Å². The van der Waals surface area contributed by atoms with Crippen LogP contribution < -0.4 is 10.6 Å². The number of pyridine rings is 2. The van der Waals surface area contributed by atoms with Crippen molar-refractivity contribution in [3.63, 3.8) is 0 Å². The summed E-state index contributed by atoms with van der Waals surface area (Å²) < 4.78 is 6.31. The number of nitrogens with one attached hydrogen (secondary N) is 2. The lowest BCUT2D eigenvalue weighted by atomic mass is 9.93. The molecule has 0 bridgehead atoms. The fraction of sp³-hybridized carbons (Fsp3) is 0.222. The largest absolute Gasteiger partial charge is 0.478 e. The fourth-order valence-corrected chi connectivity index (χ4v) is 7.50. The predicted octanol–water partition coefficient (Wildman–Crippen LogP) is 8.96. The molecule has 1 saturated heterocycles. The highest BCUT2D eigenvalue weighted by Crippen LogP contribution is 2.37. The number of carboxylic acids is 1. The van der Waals surface area contributed by atoms with E-state index in [1.54, 1.807) is 12.1 Å². The zero-order valence-electron chi connectivity index (χ0n) is 30.9. The highest BCUT2D eigenvalue weighted by atomic mass is 16.4. The van der Waals surface area contributed by atoms with E-state index in [0.717, 1.165) is 87.4 Å². The van der Waals surface area contributed by atoms with Gasteiger partial charge in [-0.05, 0) is 140 Å². The van der Waals surface area contributed by atoms with Crippen LogP contribution in [0.1, 0.15) is 56.6 Å². The molecule has 0 atom stereocenters. The molecule has 1 aliphatic heterocycles. The average Bonchev–Trinajstić information content (AvgIpc) is 3.88. The number of oxazole rings is 1. The second kappa shape index (κ2) is 15.5. The first-order valence-electron chi connectivity index (χ1n) is 18.6. The van der Waals surface area contributed by atoms with E-state index >= 15 is 0 Å². The van der Waals surface area contributed by atoms with Crippen molar-refractivity contribution in [1.29, 1.82) is 5.26 Å². The van der Waals surface area contributed by atoms with Crippen LogP contribution in [0.15, 0.2) is 102 Å². The van der Waals surface area contributed by atoms with E-state index in [1.165, 1.54) is 18.4 Å². The molecule has 0 spiro atoms. The van der Waals surface area contributed by atoms with Gasteiger partial charge in [-0.3, -0.25) is 9.88 Å². The fourth-order valence-electron chi connectivity index (χ4n) is 7.50. The third-order valence-electron chi connectivity index (χ3n) is 10.5. The second-order valence-electron chi connectivity index (χ2n) is 14.2. The Morgan fingerprint density at radius 3 is 2.44 bits per heavy atom. The molecule has 8 rings (SSSR count). The number of aromatic carboxylic acids is 1. The molecule has 274 valence electrons. The number of hydrogen-bond acceptors (Lipinski definition) is 9. The number of nitrogens with zero attached hydrogens (tertiary/aromatic N) is 5. The van der Waals surface area contributed by atoms with Crippen molar-refractivity contribution in [2.75, 3.05) is 25.0 Å². The third-order valence-corrected chi connectivity index (χ3v) is 10.5. The molecular weight excluding hydrogens is 687 g/mol. The number of anilines is 2. The first-order chi connectivity index (χ1) is 26.8. The summed E-state index contributed by atoms with van der Waals surface area (Å²) in [4.78, 5) is 28.0. The number of rotatable bonds is 12. The number of nitriles is 1. The van der Waals surface area contributed by atoms with Crippen LogP contribution in [-0.4, -0.2) is 50.6 Å². The van der Waals surface area contributed by atoms with Crippen LogP contribution in [0, 0.1) is 25.2 Å². The Morgan fingerprint density at radius 1 is 0.891 bits per heavy atom. The maximum Gasteiger partial charge on any atom is 0.335 e. The Labute approximate surface area is 319 Å². The van der Waals surface area contributed by atoms with Crippen molar-refractivity contribution in [3.8, 4) is 28.7 Å². The summed E-state index contributed by atoms with van der Waals surface area (Å²) in [5.41, 5.74) is 11.8. The van der Waals surface area contributed by atoms with Crippen molar-refractivity contribution in [3.05, 3.63) is 136 Å². The van der Waals surface area contributed by atoms with Crippen LogP contribution in [-0.2, 0) is 19.5 Å². The van der Waals surface area contributed by atoms with E-state index in [2.05, 4.69) is 64.7 Å². The molecule has 4 heterocycles. The minimum absolute atomic E-state index is 0.272. The first kappa shape index (κ1) is 35.6. The molecule has 10 nitrogen and oxygen atoms in total. The SMILES string of the molecule is Cc1c(Nc2nccc3cc(CN4CCCC4)cnc23)cccc1-c1cccc(-c2nc3cc(CNCCc4ccc(C(=O)O)cc4)cc(C#N)c3o2)c1C. The molecule has 1 aliphatic rings. The number of benzene rings is 4. The Hall–Kier alpha value is -6.41. The van der Waals surface area contributed by atoms with E-state index in [1.807, 2.05) is 60.9 Å². The summed E-state index contributed by atoms with van der Waals surface area (Å²) in [5, 5.41) is 27.2. The Balaban J connectivity index is 1.01. The summed E-state index contributed by atoms with van der Waals surface area (Å²) in [6.45, 7) is 8.63. The highest BCUT2D eigenvalue weighted by molar-refractivity contribution is 5.91. The number of likely N-dealkylation sites (tertiary alicyclic amines) is 1. The van der Waals surface area contributed by atoms with Crippen LogP contribution in [0.5, 0.6) is 0 Å². The topological polar surface area (TPSA) is 140 Å². The average molecular weight is 728 g/mol. The third kappa shape index (κ3) is 7.53. The summed E-state index contributed by atoms with van der Waals surface area (Å²) in [6.07, 6.45) is 7.08. The molecule has 7 aromatic rings. The molecule has 0 radical (unpaired) electrons. The zero-order chi connectivity index (χ0) is 37.9. The molecule has 0 saturated carbocycles. The Kier molecular flexibility index (Phi) is 10.0. The first-order valence-corrected chi connectivity index (χ1v) is 18.6. The molecule has 0 unspecified atom stereocenters. The molecule has 3 N–H and O–H groups in total. The summed E-state index contributed by atoms with van der Waals surface area (Å²) in [6, 6.07) is 29.6. The number of carboxylic acid groups (broad SMARTS) is 1. The number of hydrogen-bond donors (Lipinski definition) is 3. The van der Waals surface area contributed by atoms with E-state index in [-0.39, 0.29) is 5.56 Å². The lowest BCUT2D eigenvalue weighted by molar-refractivity contribution is 0.0697. The van der Waals surface area contributed by atoms with Gasteiger partial charge >= 0.3 is 5.97 Å². The van der Waals surface area contributed by atoms with Gasteiger partial charge in [0.2, 0.25) is 5.89 Å². The van der Waals surface area contributed by atoms with E-state index in [9.17, 15) is 10.1 Å². The molecular formula is C45H41N7O3. The van der Waals surface area contributed by atoms with Crippen LogP contribution in [0.4, 0.5) is 11.5 Å². The van der Waals surface area contributed by atoms with Gasteiger partial charge in [0.05, 0.1) is 11.1 Å². The van der Waals surface area contributed by atoms with Crippen LogP contribution in [0.25, 0.3) is 44.6 Å². The maximum atomic E-state index is 11.1. The number of fused-ring (bicyclic) bond motifs is 2. The number of carbonyl (C=O) groups is 1. The van der Waals surface area contributed by atoms with Crippen molar-refractivity contribution in [2.45, 2.75) is 46.2 Å². The lowest BCUT2D eigenvalue weighted by Gasteiger charge is -2.17. The van der Waals surface area contributed by atoms with Crippen molar-refractivity contribution >= 4 is 39.5 Å². The van der Waals surface area contributed by atoms with Crippen molar-refractivity contribution in [2.24, 2.45) is 0 Å². The van der Waals surface area contributed by atoms with Gasteiger partial charge in [-0.25, -0.2) is 14.8 Å². The molecule has 3 aromatic heterocycles. The van der Waals surface area contributed by atoms with Gasteiger partial charge in [0, 0.05) is 42.1 Å². The van der Waals surface area contributed by atoms with Crippen molar-refractivity contribution in [1.82, 2.24) is 25.2 Å². The summed E-state index contributed by atoms with van der Waals surface area (Å²) in [7, 11) is 0. The maximum absolute atomic E-state index is 11.1. The van der Waals surface area contributed by atoms with Crippen LogP contribution in [0.2, 0.25) is 0 Å². The standard InChI is InChI=1S/C45H41N7O3/c1-28-36(37-8-6-10-39(29(37)2)50-43-41-34(16-18-48-43)22-32(26-49-41)27-52-19-3-4-20-52)7-5-9-38(28)44-51-40-23-31(21-35(24-46)42(40)55-44)25-47-17-15-30-11-13-33(14-12-30)45(53)54/h5-14,16,18,21-23,26,47H,3-4,15,17,19-20,25,27H2,1-2H3,(H,48,50)(H,53,54). The summed E-state index contributed by atoms with van der Waals surface area (Å²) >= 11 is 0. The smallest absolute Gasteiger partial charge is 0.335 e. The normalized spacial score (nSPS) is 13.0. The van der Waals surface area contributed by atoms with Crippen LogP contribution >= 0.6 is 0 Å². The second-order valence-corrected chi connectivity index (χ2v) is 14.2. The molecule has 0 aliphatic carbocycles. The van der Waals surface area contributed by atoms with Gasteiger partial charge in [0.15, 0.2) is 11.4 Å². The molecule has 0 amide bonds. The van der Waals surface area contributed by atoms with Gasteiger partial charge in [0.25, 0.3) is 0 Å². The van der Waals surface area contributed by atoms with Crippen molar-refractivity contribution < 1.29 is 14.3 Å². The zero-order valence-corrected chi connectivity index (χ0v) is 30.9. The monoisotopic (exact) mass is 727 g/mol. The van der Waals surface area contributed by atoms with Gasteiger partial charge < -0.3 is 20.2 Å². The van der Waals surface area contributed by atoms with Gasteiger partial charge in [-0.15, -0.1) is 0 Å². The minimum atomic E-state index is -0.935. The molecule has 55 heavy (non-hydrogen) atoms. The Bertz CT molecular complexity index is 2580.